The van der Waals surface area contributed by atoms with Gasteiger partial charge in [0.2, 0.25) is 0 Å². The van der Waals surface area contributed by atoms with Crippen LogP contribution >= 0.6 is 0 Å². The summed E-state index contributed by atoms with van der Waals surface area (Å²) in [5.74, 6) is -0.320. The van der Waals surface area contributed by atoms with E-state index in [-0.39, 0.29) is 5.92 Å². The molecule has 0 radical (unpaired) electrons. The van der Waals surface area contributed by atoms with Gasteiger partial charge in [-0.3, -0.25) is 4.57 Å². The van der Waals surface area contributed by atoms with Gasteiger partial charge in [0.1, 0.15) is 11.7 Å². The van der Waals surface area contributed by atoms with E-state index in [0.717, 1.165) is 4.57 Å². The number of aromatic nitrogens is 2. The van der Waals surface area contributed by atoms with Crippen molar-refractivity contribution in [3.63, 3.8) is 0 Å². The molecule has 1 fully saturated rings. The van der Waals surface area contributed by atoms with Gasteiger partial charge in [-0.1, -0.05) is 13.8 Å². The molecule has 0 aromatic carbocycles. The van der Waals surface area contributed by atoms with E-state index in [0.29, 0.717) is 5.69 Å². The fourth-order valence-electron chi connectivity index (χ4n) is 2.48. The lowest BCUT2D eigenvalue weighted by atomic mass is 9.85. The van der Waals surface area contributed by atoms with Gasteiger partial charge in [0, 0.05) is 11.9 Å². The number of halogens is 1. The summed E-state index contributed by atoms with van der Waals surface area (Å²) in [5, 5.41) is 19.6. The number of nitrogens with zero attached hydrogens (tertiary/aromatic N) is 2. The van der Waals surface area contributed by atoms with Crippen LogP contribution in [0.15, 0.2) is 17.1 Å². The Hall–Kier alpha value is -1.31. The molecule has 2 rings (SSSR count). The first-order valence-corrected chi connectivity index (χ1v) is 6.50. The van der Waals surface area contributed by atoms with Crippen molar-refractivity contribution >= 4 is 0 Å². The molecule has 1 aliphatic rings. The zero-order valence-electron chi connectivity index (χ0n) is 11.7. The molecule has 0 amide bonds. The molecule has 1 aliphatic heterocycles. The second kappa shape index (κ2) is 5.23. The number of ether oxygens (including phenoxy) is 1. The summed E-state index contributed by atoms with van der Waals surface area (Å²) in [6, 6.07) is 1.55. The third kappa shape index (κ3) is 2.15. The second-order valence-corrected chi connectivity index (χ2v) is 5.42. The van der Waals surface area contributed by atoms with E-state index in [4.69, 9.17) is 4.74 Å². The Morgan fingerprint density at radius 2 is 2.25 bits per heavy atom. The Morgan fingerprint density at radius 3 is 2.70 bits per heavy atom. The minimum atomic E-state index is -1.81. The van der Waals surface area contributed by atoms with Gasteiger partial charge < -0.3 is 14.9 Å². The van der Waals surface area contributed by atoms with E-state index in [1.54, 1.807) is 26.8 Å². The predicted octanol–water partition coefficient (Wildman–Crippen LogP) is 0.167. The largest absolute Gasteiger partial charge is 0.393 e. The molecule has 2 heterocycles. The topological polar surface area (TPSA) is 84.6 Å². The third-order valence-corrected chi connectivity index (χ3v) is 3.88. The van der Waals surface area contributed by atoms with Crippen LogP contribution in [0.4, 0.5) is 4.39 Å². The number of aliphatic hydroxyl groups is 2. The first-order valence-electron chi connectivity index (χ1n) is 6.50. The molecule has 0 bridgehead atoms. The lowest BCUT2D eigenvalue weighted by Gasteiger charge is -2.33. The molecular weight excluding hydrogens is 267 g/mol. The lowest BCUT2D eigenvalue weighted by Crippen LogP contribution is -2.49. The molecule has 4 atom stereocenters. The summed E-state index contributed by atoms with van der Waals surface area (Å²) in [5.41, 5.74) is -1.56. The van der Waals surface area contributed by atoms with E-state index in [2.05, 4.69) is 4.98 Å². The molecule has 112 valence electrons. The average Bonchev–Trinajstić information content (AvgIpc) is 2.64. The normalized spacial score (nSPS) is 33.9. The highest BCUT2D eigenvalue weighted by atomic mass is 19.1. The summed E-state index contributed by atoms with van der Waals surface area (Å²) in [4.78, 5) is 15.5. The van der Waals surface area contributed by atoms with E-state index in [1.165, 1.54) is 6.20 Å². The van der Waals surface area contributed by atoms with Crippen LogP contribution in [0.1, 0.15) is 25.8 Å². The Morgan fingerprint density at radius 1 is 1.60 bits per heavy atom. The molecule has 0 unspecified atom stereocenters. The van der Waals surface area contributed by atoms with Gasteiger partial charge in [0.15, 0.2) is 12.4 Å². The summed E-state index contributed by atoms with van der Waals surface area (Å²) < 4.78 is 20.9. The standard InChI is InChI=1S/C13H19FN2O4/c1-7(2)13(6-17)10(18)9(14)11(20-13)16-5-4-8(3)15-12(16)19/h4-5,7,9-11,17-18H,6H2,1-3H3/t9-,10+,11-,13+/m1/s1. The summed E-state index contributed by atoms with van der Waals surface area (Å²) in [7, 11) is 0. The number of aliphatic hydroxyl groups excluding tert-OH is 2. The van der Waals surface area contributed by atoms with Crippen LogP contribution in [-0.2, 0) is 4.74 Å². The van der Waals surface area contributed by atoms with Gasteiger partial charge in [-0.05, 0) is 18.9 Å². The van der Waals surface area contributed by atoms with Crippen molar-refractivity contribution in [1.82, 2.24) is 9.55 Å². The quantitative estimate of drug-likeness (QED) is 0.827. The molecule has 2 N–H and O–H groups in total. The van der Waals surface area contributed by atoms with Crippen molar-refractivity contribution in [2.45, 2.75) is 44.9 Å². The van der Waals surface area contributed by atoms with Crippen LogP contribution in [0.3, 0.4) is 0 Å². The maximum atomic E-state index is 14.3. The molecule has 1 aromatic heterocycles. The van der Waals surface area contributed by atoms with E-state index < -0.39 is 36.4 Å². The van der Waals surface area contributed by atoms with Crippen LogP contribution in [0.2, 0.25) is 0 Å². The van der Waals surface area contributed by atoms with Crippen LogP contribution in [-0.4, -0.2) is 44.2 Å². The average molecular weight is 286 g/mol. The van der Waals surface area contributed by atoms with E-state index in [9.17, 15) is 19.4 Å². The smallest absolute Gasteiger partial charge is 0.349 e. The maximum absolute atomic E-state index is 14.3. The highest BCUT2D eigenvalue weighted by Crippen LogP contribution is 2.42. The summed E-state index contributed by atoms with van der Waals surface area (Å²) >= 11 is 0. The molecule has 6 nitrogen and oxygen atoms in total. The molecule has 1 saturated heterocycles. The van der Waals surface area contributed by atoms with Crippen molar-refractivity contribution in [2.24, 2.45) is 5.92 Å². The summed E-state index contributed by atoms with van der Waals surface area (Å²) in [6.07, 6.45) is -3.24. The van der Waals surface area contributed by atoms with Gasteiger partial charge in [-0.15, -0.1) is 0 Å². The van der Waals surface area contributed by atoms with Crippen LogP contribution in [0.25, 0.3) is 0 Å². The first-order chi connectivity index (χ1) is 9.33. The Kier molecular flexibility index (Phi) is 3.95. The van der Waals surface area contributed by atoms with Crippen LogP contribution < -0.4 is 5.69 Å². The molecule has 1 aromatic rings. The number of aryl methyl sites for hydroxylation is 1. The molecule has 0 aliphatic carbocycles. The zero-order valence-corrected chi connectivity index (χ0v) is 11.7. The maximum Gasteiger partial charge on any atom is 0.349 e. The molecule has 0 saturated carbocycles. The third-order valence-electron chi connectivity index (χ3n) is 3.88. The predicted molar refractivity (Wildman–Crippen MR) is 68.9 cm³/mol. The van der Waals surface area contributed by atoms with Crippen molar-refractivity contribution in [1.29, 1.82) is 0 Å². The van der Waals surface area contributed by atoms with Crippen molar-refractivity contribution in [3.05, 3.63) is 28.4 Å². The molecule has 20 heavy (non-hydrogen) atoms. The van der Waals surface area contributed by atoms with Crippen LogP contribution in [0, 0.1) is 12.8 Å². The van der Waals surface area contributed by atoms with Gasteiger partial charge in [-0.2, -0.15) is 4.98 Å². The zero-order chi connectivity index (χ0) is 15.1. The minimum absolute atomic E-state index is 0.320. The van der Waals surface area contributed by atoms with Crippen molar-refractivity contribution in [2.75, 3.05) is 6.61 Å². The number of rotatable bonds is 3. The highest BCUT2D eigenvalue weighted by molar-refractivity contribution is 5.05. The van der Waals surface area contributed by atoms with Crippen molar-refractivity contribution < 1.29 is 19.3 Å². The van der Waals surface area contributed by atoms with Gasteiger partial charge in [0.25, 0.3) is 0 Å². The number of hydrogen-bond donors (Lipinski definition) is 2. The summed E-state index contributed by atoms with van der Waals surface area (Å²) in [6.45, 7) is 4.54. The fourth-order valence-corrected chi connectivity index (χ4v) is 2.48. The Bertz CT molecular complexity index is 547. The van der Waals surface area contributed by atoms with Gasteiger partial charge in [0.05, 0.1) is 6.61 Å². The van der Waals surface area contributed by atoms with Gasteiger partial charge >= 0.3 is 5.69 Å². The minimum Gasteiger partial charge on any atom is -0.393 e. The molecule has 7 heteroatoms. The number of hydrogen-bond acceptors (Lipinski definition) is 5. The van der Waals surface area contributed by atoms with Crippen LogP contribution in [0.5, 0.6) is 0 Å². The molecule has 0 spiro atoms. The van der Waals surface area contributed by atoms with E-state index in [1.807, 2.05) is 0 Å². The SMILES string of the molecule is Cc1ccn([C@@H]2O[C@@](CO)(C(C)C)[C@@H](O)[C@H]2F)c(=O)n1. The number of alkyl halides is 1. The highest BCUT2D eigenvalue weighted by Gasteiger charge is 2.57. The molecular formula is C13H19FN2O4. The van der Waals surface area contributed by atoms with Crippen molar-refractivity contribution in [3.8, 4) is 0 Å². The second-order valence-electron chi connectivity index (χ2n) is 5.42. The Balaban J connectivity index is 2.42. The van der Waals surface area contributed by atoms with E-state index >= 15 is 0 Å². The fraction of sp³-hybridized carbons (Fsp3) is 0.692. The van der Waals surface area contributed by atoms with Gasteiger partial charge in [-0.25, -0.2) is 9.18 Å². The monoisotopic (exact) mass is 286 g/mol. The lowest BCUT2D eigenvalue weighted by molar-refractivity contribution is -0.153. The Labute approximate surface area is 115 Å². The first kappa shape index (κ1) is 15.1.